The van der Waals surface area contributed by atoms with E-state index in [0.29, 0.717) is 12.8 Å². The molecule has 0 aromatic heterocycles. The van der Waals surface area contributed by atoms with E-state index in [4.69, 9.17) is 9.84 Å². The van der Waals surface area contributed by atoms with E-state index in [2.05, 4.69) is 34.9 Å². The number of carboxylic acid groups (broad SMARTS) is 1. The highest BCUT2D eigenvalue weighted by Gasteiger charge is 2.29. The number of aliphatic carboxylic acids is 1. The Kier molecular flexibility index (Phi) is 7.74. The minimum Gasteiger partial charge on any atom is -0.481 e. The number of carbonyl (C=O) groups is 3. The zero-order chi connectivity index (χ0) is 24.0. The minimum absolute atomic E-state index is 0.0105. The van der Waals surface area contributed by atoms with E-state index in [0.717, 1.165) is 11.1 Å². The molecule has 1 aliphatic carbocycles. The van der Waals surface area contributed by atoms with Crippen LogP contribution in [0.1, 0.15) is 63.5 Å². The number of carbonyl (C=O) groups excluding carboxylic acids is 2. The summed E-state index contributed by atoms with van der Waals surface area (Å²) in [6.45, 7) is 5.49. The van der Waals surface area contributed by atoms with E-state index in [-0.39, 0.29) is 37.3 Å². The summed E-state index contributed by atoms with van der Waals surface area (Å²) in [4.78, 5) is 35.3. The molecular formula is C26H32N2O5. The predicted octanol–water partition coefficient (Wildman–Crippen LogP) is 4.45. The molecule has 1 aliphatic rings. The second-order valence-corrected chi connectivity index (χ2v) is 9.27. The number of carboxylic acids is 1. The monoisotopic (exact) mass is 452 g/mol. The molecule has 176 valence electrons. The first-order valence-electron chi connectivity index (χ1n) is 11.3. The van der Waals surface area contributed by atoms with Crippen LogP contribution < -0.4 is 10.6 Å². The predicted molar refractivity (Wildman–Crippen MR) is 126 cm³/mol. The summed E-state index contributed by atoms with van der Waals surface area (Å²) in [5.74, 6) is -1.15. The fourth-order valence-electron chi connectivity index (χ4n) is 4.34. The van der Waals surface area contributed by atoms with Crippen LogP contribution in [0, 0.1) is 0 Å². The van der Waals surface area contributed by atoms with Crippen molar-refractivity contribution in [2.75, 3.05) is 6.61 Å². The lowest BCUT2D eigenvalue weighted by Gasteiger charge is -2.24. The number of benzene rings is 2. The third-order valence-electron chi connectivity index (χ3n) is 5.82. The molecule has 0 saturated carbocycles. The smallest absolute Gasteiger partial charge is 0.407 e. The molecule has 3 rings (SSSR count). The van der Waals surface area contributed by atoms with Crippen LogP contribution in [0.15, 0.2) is 48.5 Å². The summed E-state index contributed by atoms with van der Waals surface area (Å²) >= 11 is 0. The highest BCUT2D eigenvalue weighted by atomic mass is 16.5. The van der Waals surface area contributed by atoms with Gasteiger partial charge in [0, 0.05) is 23.9 Å². The summed E-state index contributed by atoms with van der Waals surface area (Å²) in [7, 11) is 0. The second kappa shape index (κ2) is 10.5. The highest BCUT2D eigenvalue weighted by molar-refractivity contribution is 5.79. The molecule has 0 radical (unpaired) electrons. The summed E-state index contributed by atoms with van der Waals surface area (Å²) in [5.41, 5.74) is 3.89. The van der Waals surface area contributed by atoms with E-state index in [9.17, 15) is 14.4 Å². The number of ether oxygens (including phenoxy) is 1. The summed E-state index contributed by atoms with van der Waals surface area (Å²) in [5, 5.41) is 14.5. The van der Waals surface area contributed by atoms with Gasteiger partial charge in [-0.1, -0.05) is 48.5 Å². The topological polar surface area (TPSA) is 105 Å². The van der Waals surface area contributed by atoms with Gasteiger partial charge in [-0.3, -0.25) is 9.59 Å². The standard InChI is InChI=1S/C26H32N2O5/c1-17(9-8-14-23(29)28-26(2,3)15-24(30)31)27-25(32)33-16-22-20-12-6-4-10-18(20)19-11-5-7-13-21(19)22/h4-7,10-13,17,22H,8-9,14-16H2,1-3H3,(H,27,32)(H,28,29)(H,30,31). The average molecular weight is 453 g/mol. The van der Waals surface area contributed by atoms with Gasteiger partial charge in [-0.15, -0.1) is 0 Å². The first-order chi connectivity index (χ1) is 15.7. The molecule has 0 spiro atoms. The van der Waals surface area contributed by atoms with Crippen molar-refractivity contribution < 1.29 is 24.2 Å². The third-order valence-corrected chi connectivity index (χ3v) is 5.82. The van der Waals surface area contributed by atoms with Crippen molar-refractivity contribution in [3.05, 3.63) is 59.7 Å². The van der Waals surface area contributed by atoms with Crippen molar-refractivity contribution in [2.24, 2.45) is 0 Å². The Labute approximate surface area is 194 Å². The molecule has 33 heavy (non-hydrogen) atoms. The van der Waals surface area contributed by atoms with Gasteiger partial charge in [-0.05, 0) is 55.9 Å². The van der Waals surface area contributed by atoms with Crippen molar-refractivity contribution in [3.63, 3.8) is 0 Å². The van der Waals surface area contributed by atoms with Gasteiger partial charge in [0.1, 0.15) is 6.61 Å². The van der Waals surface area contributed by atoms with Gasteiger partial charge in [-0.25, -0.2) is 4.79 Å². The fourth-order valence-corrected chi connectivity index (χ4v) is 4.34. The fraction of sp³-hybridized carbons (Fsp3) is 0.423. The lowest BCUT2D eigenvalue weighted by molar-refractivity contribution is -0.138. The average Bonchev–Trinajstić information content (AvgIpc) is 3.04. The Bertz CT molecular complexity index is 972. The number of nitrogens with one attached hydrogen (secondary N) is 2. The summed E-state index contributed by atoms with van der Waals surface area (Å²) in [6.07, 6.45) is 0.825. The van der Waals surface area contributed by atoms with Gasteiger partial charge >= 0.3 is 12.1 Å². The second-order valence-electron chi connectivity index (χ2n) is 9.27. The van der Waals surface area contributed by atoms with Gasteiger partial charge in [0.25, 0.3) is 0 Å². The maximum absolute atomic E-state index is 12.4. The Morgan fingerprint density at radius 2 is 1.61 bits per heavy atom. The summed E-state index contributed by atoms with van der Waals surface area (Å²) in [6, 6.07) is 16.2. The molecule has 2 aromatic carbocycles. The molecule has 1 atom stereocenters. The number of amides is 2. The van der Waals surface area contributed by atoms with Crippen molar-refractivity contribution in [2.45, 2.75) is 64.0 Å². The maximum Gasteiger partial charge on any atom is 0.407 e. The van der Waals surface area contributed by atoms with Crippen LogP contribution >= 0.6 is 0 Å². The Hall–Kier alpha value is -3.35. The zero-order valence-corrected chi connectivity index (χ0v) is 19.4. The van der Waals surface area contributed by atoms with Gasteiger partial charge in [0.05, 0.1) is 6.42 Å². The quantitative estimate of drug-likeness (QED) is 0.494. The van der Waals surface area contributed by atoms with Gasteiger partial charge < -0.3 is 20.5 Å². The normalized spacial score (nSPS) is 13.5. The molecule has 7 nitrogen and oxygen atoms in total. The Balaban J connectivity index is 1.42. The van der Waals surface area contributed by atoms with Crippen molar-refractivity contribution >= 4 is 18.0 Å². The summed E-state index contributed by atoms with van der Waals surface area (Å²) < 4.78 is 5.56. The number of hydrogen-bond donors (Lipinski definition) is 3. The highest BCUT2D eigenvalue weighted by Crippen LogP contribution is 2.44. The minimum atomic E-state index is -0.957. The number of fused-ring (bicyclic) bond motifs is 3. The molecule has 0 heterocycles. The number of alkyl carbamates (subject to hydrolysis) is 1. The van der Waals surface area contributed by atoms with Crippen LogP contribution in [0.3, 0.4) is 0 Å². The van der Waals surface area contributed by atoms with Crippen LogP contribution in [-0.4, -0.2) is 41.3 Å². The van der Waals surface area contributed by atoms with Crippen molar-refractivity contribution in [3.8, 4) is 11.1 Å². The van der Waals surface area contributed by atoms with Crippen molar-refractivity contribution in [1.29, 1.82) is 0 Å². The lowest BCUT2D eigenvalue weighted by Crippen LogP contribution is -2.44. The van der Waals surface area contributed by atoms with E-state index in [1.807, 2.05) is 31.2 Å². The van der Waals surface area contributed by atoms with E-state index >= 15 is 0 Å². The number of hydrogen-bond acceptors (Lipinski definition) is 4. The zero-order valence-electron chi connectivity index (χ0n) is 19.4. The molecule has 0 bridgehead atoms. The molecule has 0 fully saturated rings. The van der Waals surface area contributed by atoms with Gasteiger partial charge in [0.15, 0.2) is 0 Å². The lowest BCUT2D eigenvalue weighted by atomic mass is 9.98. The molecule has 3 N–H and O–H groups in total. The van der Waals surface area contributed by atoms with Crippen LogP contribution in [0.25, 0.3) is 11.1 Å². The first kappa shape index (κ1) is 24.3. The van der Waals surface area contributed by atoms with E-state index < -0.39 is 17.6 Å². The van der Waals surface area contributed by atoms with Gasteiger partial charge in [0.2, 0.25) is 5.91 Å². The van der Waals surface area contributed by atoms with Crippen LogP contribution in [0.2, 0.25) is 0 Å². The molecular weight excluding hydrogens is 420 g/mol. The number of rotatable bonds is 10. The van der Waals surface area contributed by atoms with Crippen LogP contribution in [0.4, 0.5) is 4.79 Å². The molecule has 0 aliphatic heterocycles. The Morgan fingerprint density at radius 3 is 2.18 bits per heavy atom. The third kappa shape index (κ3) is 6.57. The molecule has 2 amide bonds. The van der Waals surface area contributed by atoms with E-state index in [1.54, 1.807) is 13.8 Å². The molecule has 1 unspecified atom stereocenters. The van der Waals surface area contributed by atoms with E-state index in [1.165, 1.54) is 11.1 Å². The first-order valence-corrected chi connectivity index (χ1v) is 11.3. The van der Waals surface area contributed by atoms with Crippen LogP contribution in [-0.2, 0) is 14.3 Å². The maximum atomic E-state index is 12.4. The largest absolute Gasteiger partial charge is 0.481 e. The SMILES string of the molecule is CC(CCCC(=O)NC(C)(C)CC(=O)O)NC(=O)OCC1c2ccccc2-c2ccccc21. The van der Waals surface area contributed by atoms with Gasteiger partial charge in [-0.2, -0.15) is 0 Å². The Morgan fingerprint density at radius 1 is 1.03 bits per heavy atom. The molecule has 2 aromatic rings. The molecule has 0 saturated heterocycles. The van der Waals surface area contributed by atoms with Crippen LogP contribution in [0.5, 0.6) is 0 Å². The molecule has 7 heteroatoms. The van der Waals surface area contributed by atoms with Crippen molar-refractivity contribution in [1.82, 2.24) is 10.6 Å².